The third-order valence-electron chi connectivity index (χ3n) is 2.40. The Balaban J connectivity index is 2.83. The molecule has 0 atom stereocenters. The number of hydrogen-bond donors (Lipinski definition) is 0. The van der Waals surface area contributed by atoms with E-state index in [1.165, 1.54) is 12.4 Å². The molecule has 0 aliphatic rings. The molecule has 1 rings (SSSR count). The molecule has 6 nitrogen and oxygen atoms in total. The van der Waals surface area contributed by atoms with Crippen molar-refractivity contribution in [2.75, 3.05) is 32.1 Å². The van der Waals surface area contributed by atoms with Crippen LogP contribution in [0.1, 0.15) is 19.0 Å². The first-order valence-corrected chi connectivity index (χ1v) is 5.75. The fourth-order valence-corrected chi connectivity index (χ4v) is 1.39. The van der Waals surface area contributed by atoms with E-state index >= 15 is 0 Å². The number of nitrogens with zero attached hydrogens (tertiary/aromatic N) is 5. The molecule has 0 spiro atoms. The lowest BCUT2D eigenvalue weighted by Gasteiger charge is -2.23. The van der Waals surface area contributed by atoms with E-state index in [4.69, 9.17) is 5.26 Å². The van der Waals surface area contributed by atoms with Crippen LogP contribution in [0, 0.1) is 11.3 Å². The highest BCUT2D eigenvalue weighted by atomic mass is 16.2. The summed E-state index contributed by atoms with van der Waals surface area (Å²) in [4.78, 5) is 23.2. The molecule has 0 aliphatic carbocycles. The molecular formula is C12H17N5O. The molecule has 0 bridgehead atoms. The van der Waals surface area contributed by atoms with Crippen LogP contribution < -0.4 is 4.90 Å². The summed E-state index contributed by atoms with van der Waals surface area (Å²) < 4.78 is 0. The molecule has 0 saturated carbocycles. The first-order chi connectivity index (χ1) is 8.58. The van der Waals surface area contributed by atoms with Gasteiger partial charge < -0.3 is 9.80 Å². The van der Waals surface area contributed by atoms with E-state index < -0.39 is 0 Å². The zero-order valence-electron chi connectivity index (χ0n) is 10.9. The predicted molar refractivity (Wildman–Crippen MR) is 67.9 cm³/mol. The number of hydrogen-bond acceptors (Lipinski definition) is 5. The molecule has 96 valence electrons. The van der Waals surface area contributed by atoms with Crippen LogP contribution in [0.2, 0.25) is 0 Å². The number of nitriles is 1. The number of likely N-dealkylation sites (N-methyl/N-ethyl adjacent to an activating group) is 1. The Morgan fingerprint density at radius 2 is 2.11 bits per heavy atom. The first kappa shape index (κ1) is 13.9. The highest BCUT2D eigenvalue weighted by molar-refractivity contribution is 5.80. The van der Waals surface area contributed by atoms with Crippen LogP contribution in [-0.2, 0) is 4.79 Å². The molecule has 1 heterocycles. The van der Waals surface area contributed by atoms with Crippen molar-refractivity contribution in [2.24, 2.45) is 0 Å². The lowest BCUT2D eigenvalue weighted by atomic mass is 10.3. The minimum absolute atomic E-state index is 0.00890. The zero-order chi connectivity index (χ0) is 13.5. The Morgan fingerprint density at radius 1 is 1.39 bits per heavy atom. The number of carbonyl (C=O) groups excluding carboxylic acids is 1. The van der Waals surface area contributed by atoms with Crippen molar-refractivity contribution < 1.29 is 4.79 Å². The Bertz CT molecular complexity index is 435. The molecule has 18 heavy (non-hydrogen) atoms. The van der Waals surface area contributed by atoms with Crippen molar-refractivity contribution in [2.45, 2.75) is 13.3 Å². The Labute approximate surface area is 107 Å². The summed E-state index contributed by atoms with van der Waals surface area (Å²) in [5, 5.41) is 8.66. The fourth-order valence-electron chi connectivity index (χ4n) is 1.39. The van der Waals surface area contributed by atoms with E-state index in [1.807, 2.05) is 17.9 Å². The van der Waals surface area contributed by atoms with Gasteiger partial charge in [-0.25, -0.2) is 9.97 Å². The maximum Gasteiger partial charge on any atom is 0.241 e. The second-order valence-corrected chi connectivity index (χ2v) is 4.08. The molecule has 6 heteroatoms. The van der Waals surface area contributed by atoms with Gasteiger partial charge in [0.05, 0.1) is 18.9 Å². The molecule has 0 N–H and O–H groups in total. The average Bonchev–Trinajstić information content (AvgIpc) is 2.38. The van der Waals surface area contributed by atoms with Crippen LogP contribution in [-0.4, -0.2) is 48.0 Å². The molecule has 1 amide bonds. The van der Waals surface area contributed by atoms with Gasteiger partial charge in [-0.3, -0.25) is 4.79 Å². The molecule has 0 saturated heterocycles. The van der Waals surface area contributed by atoms with Crippen LogP contribution in [0.5, 0.6) is 0 Å². The number of anilines is 1. The molecule has 1 aromatic rings. The molecular weight excluding hydrogens is 230 g/mol. The average molecular weight is 247 g/mol. The molecule has 0 aliphatic heterocycles. The summed E-state index contributed by atoms with van der Waals surface area (Å²) in [6.45, 7) is 3.02. The van der Waals surface area contributed by atoms with E-state index in [0.717, 1.165) is 13.0 Å². The SMILES string of the molecule is CCCN(CC(=O)N(C)C)c1cnc(C#N)cn1. The summed E-state index contributed by atoms with van der Waals surface area (Å²) in [6.07, 6.45) is 3.84. The smallest absolute Gasteiger partial charge is 0.241 e. The first-order valence-electron chi connectivity index (χ1n) is 5.75. The molecule has 1 aromatic heterocycles. The van der Waals surface area contributed by atoms with Gasteiger partial charge in [-0.15, -0.1) is 0 Å². The molecule has 0 unspecified atom stereocenters. The Morgan fingerprint density at radius 3 is 2.56 bits per heavy atom. The summed E-state index contributed by atoms with van der Waals surface area (Å²) in [6, 6.07) is 1.92. The lowest BCUT2D eigenvalue weighted by Crippen LogP contribution is -2.37. The largest absolute Gasteiger partial charge is 0.347 e. The molecule has 0 radical (unpaired) electrons. The monoisotopic (exact) mass is 247 g/mol. The van der Waals surface area contributed by atoms with Crippen molar-refractivity contribution in [3.8, 4) is 6.07 Å². The summed E-state index contributed by atoms with van der Waals surface area (Å²) in [5.74, 6) is 0.626. The van der Waals surface area contributed by atoms with Gasteiger partial charge in [0.25, 0.3) is 0 Å². The van der Waals surface area contributed by atoms with Crippen molar-refractivity contribution in [3.05, 3.63) is 18.1 Å². The lowest BCUT2D eigenvalue weighted by molar-refractivity contribution is -0.127. The second kappa shape index (κ2) is 6.55. The van der Waals surface area contributed by atoms with Gasteiger partial charge in [0.15, 0.2) is 5.69 Å². The van der Waals surface area contributed by atoms with E-state index in [-0.39, 0.29) is 18.1 Å². The maximum absolute atomic E-state index is 11.7. The van der Waals surface area contributed by atoms with E-state index in [2.05, 4.69) is 9.97 Å². The van der Waals surface area contributed by atoms with Crippen molar-refractivity contribution >= 4 is 11.7 Å². The number of rotatable bonds is 5. The Kier molecular flexibility index (Phi) is 5.06. The number of amides is 1. The quantitative estimate of drug-likeness (QED) is 0.764. The Hall–Kier alpha value is -2.16. The van der Waals surface area contributed by atoms with Crippen molar-refractivity contribution in [1.29, 1.82) is 5.26 Å². The van der Waals surface area contributed by atoms with Gasteiger partial charge in [0.1, 0.15) is 11.9 Å². The maximum atomic E-state index is 11.7. The van der Waals surface area contributed by atoms with Gasteiger partial charge in [0, 0.05) is 20.6 Å². The summed E-state index contributed by atoms with van der Waals surface area (Å²) in [7, 11) is 3.44. The van der Waals surface area contributed by atoms with E-state index in [1.54, 1.807) is 19.0 Å². The highest BCUT2D eigenvalue weighted by Crippen LogP contribution is 2.09. The highest BCUT2D eigenvalue weighted by Gasteiger charge is 2.13. The zero-order valence-corrected chi connectivity index (χ0v) is 10.9. The normalized spacial score (nSPS) is 9.67. The topological polar surface area (TPSA) is 73.1 Å². The fraction of sp³-hybridized carbons (Fsp3) is 0.500. The van der Waals surface area contributed by atoms with Gasteiger partial charge >= 0.3 is 0 Å². The predicted octanol–water partition coefficient (Wildman–Crippen LogP) is 0.653. The van der Waals surface area contributed by atoms with Gasteiger partial charge in [-0.05, 0) is 6.42 Å². The third-order valence-corrected chi connectivity index (χ3v) is 2.40. The van der Waals surface area contributed by atoms with E-state index in [9.17, 15) is 4.79 Å². The number of carbonyl (C=O) groups is 1. The van der Waals surface area contributed by atoms with Crippen LogP contribution in [0.25, 0.3) is 0 Å². The third kappa shape index (κ3) is 3.70. The van der Waals surface area contributed by atoms with Gasteiger partial charge in [-0.1, -0.05) is 6.92 Å². The van der Waals surface area contributed by atoms with Crippen LogP contribution in [0.15, 0.2) is 12.4 Å². The van der Waals surface area contributed by atoms with Crippen molar-refractivity contribution in [1.82, 2.24) is 14.9 Å². The van der Waals surface area contributed by atoms with Gasteiger partial charge in [0.2, 0.25) is 5.91 Å². The minimum atomic E-state index is 0.00890. The second-order valence-electron chi connectivity index (χ2n) is 4.08. The minimum Gasteiger partial charge on any atom is -0.347 e. The van der Waals surface area contributed by atoms with Crippen molar-refractivity contribution in [3.63, 3.8) is 0 Å². The van der Waals surface area contributed by atoms with Crippen LogP contribution in [0.3, 0.4) is 0 Å². The van der Waals surface area contributed by atoms with Crippen LogP contribution >= 0.6 is 0 Å². The standard InChI is InChI=1S/C12H17N5O/c1-4-5-17(9-12(18)16(2)3)11-8-14-10(6-13)7-15-11/h7-8H,4-5,9H2,1-3H3. The summed E-state index contributed by atoms with van der Waals surface area (Å²) >= 11 is 0. The summed E-state index contributed by atoms with van der Waals surface area (Å²) in [5.41, 5.74) is 0.272. The van der Waals surface area contributed by atoms with Crippen LogP contribution in [0.4, 0.5) is 5.82 Å². The van der Waals surface area contributed by atoms with Gasteiger partial charge in [-0.2, -0.15) is 5.26 Å². The van der Waals surface area contributed by atoms with E-state index in [0.29, 0.717) is 5.82 Å². The molecule has 0 fully saturated rings. The molecule has 0 aromatic carbocycles. The number of aromatic nitrogens is 2.